The number of nitrogens with zero attached hydrogens (tertiary/aromatic N) is 1. The Hall–Kier alpha value is -2.55. The third kappa shape index (κ3) is 3.29. The normalized spacial score (nSPS) is 16.9. The fraction of sp³-hybridized carbons (Fsp3) is 0.250. The molecule has 1 aliphatic heterocycles. The Bertz CT molecular complexity index is 654. The molecule has 2 atom stereocenters. The maximum Gasteiger partial charge on any atom is 0.223 e. The second kappa shape index (κ2) is 7.14. The summed E-state index contributed by atoms with van der Waals surface area (Å²) in [6.07, 6.45) is 2.71. The van der Waals surface area contributed by atoms with Crippen LogP contribution in [0.4, 0.5) is 0 Å². The van der Waals surface area contributed by atoms with Gasteiger partial charge in [-0.25, -0.2) is 0 Å². The maximum atomic E-state index is 12.4. The van der Waals surface area contributed by atoms with E-state index in [-0.39, 0.29) is 18.1 Å². The molecule has 2 aromatic carbocycles. The topological polar surface area (TPSA) is 29.5 Å². The molecule has 0 saturated carbocycles. The number of ether oxygens (including phenoxy) is 1. The summed E-state index contributed by atoms with van der Waals surface area (Å²) in [5, 5.41) is 0. The fourth-order valence-corrected chi connectivity index (χ4v) is 3.21. The average Bonchev–Trinajstić information content (AvgIpc) is 3.02. The van der Waals surface area contributed by atoms with Crippen LogP contribution in [-0.4, -0.2) is 17.4 Å². The summed E-state index contributed by atoms with van der Waals surface area (Å²) < 4.78 is 5.88. The molecule has 0 radical (unpaired) electrons. The number of carbonyl (C=O) groups is 1. The van der Waals surface area contributed by atoms with E-state index in [0.29, 0.717) is 6.42 Å². The Labute approximate surface area is 137 Å². The van der Waals surface area contributed by atoms with Crippen molar-refractivity contribution in [3.8, 4) is 0 Å². The zero-order chi connectivity index (χ0) is 16.1. The molecule has 1 saturated heterocycles. The number of amides is 1. The van der Waals surface area contributed by atoms with E-state index in [2.05, 4.69) is 18.7 Å². The van der Waals surface area contributed by atoms with E-state index >= 15 is 0 Å². The van der Waals surface area contributed by atoms with Crippen molar-refractivity contribution in [1.82, 2.24) is 4.90 Å². The predicted molar refractivity (Wildman–Crippen MR) is 90.6 cm³/mol. The van der Waals surface area contributed by atoms with Crippen LogP contribution >= 0.6 is 0 Å². The second-order valence-electron chi connectivity index (χ2n) is 5.68. The van der Waals surface area contributed by atoms with Gasteiger partial charge in [0.25, 0.3) is 0 Å². The SMILES string of the molecule is C=CO[C@H](c1ccccc1)[C@H](c1ccccc1)N1CCCC1=O. The van der Waals surface area contributed by atoms with Gasteiger partial charge in [-0.05, 0) is 17.5 Å². The smallest absolute Gasteiger partial charge is 0.223 e. The van der Waals surface area contributed by atoms with Crippen molar-refractivity contribution in [2.24, 2.45) is 0 Å². The highest BCUT2D eigenvalue weighted by atomic mass is 16.5. The van der Waals surface area contributed by atoms with Gasteiger partial charge in [0.2, 0.25) is 5.91 Å². The highest BCUT2D eigenvalue weighted by molar-refractivity contribution is 5.78. The van der Waals surface area contributed by atoms with Crippen molar-refractivity contribution in [2.45, 2.75) is 25.0 Å². The molecule has 118 valence electrons. The molecule has 2 aromatic rings. The van der Waals surface area contributed by atoms with Crippen LogP contribution in [-0.2, 0) is 9.53 Å². The number of likely N-dealkylation sites (tertiary alicyclic amines) is 1. The molecule has 1 amide bonds. The van der Waals surface area contributed by atoms with Crippen molar-refractivity contribution in [1.29, 1.82) is 0 Å². The zero-order valence-corrected chi connectivity index (χ0v) is 13.1. The van der Waals surface area contributed by atoms with Crippen molar-refractivity contribution in [3.63, 3.8) is 0 Å². The number of hydrogen-bond acceptors (Lipinski definition) is 2. The van der Waals surface area contributed by atoms with E-state index in [1.165, 1.54) is 6.26 Å². The monoisotopic (exact) mass is 307 g/mol. The molecule has 3 nitrogen and oxygen atoms in total. The molecule has 0 aliphatic carbocycles. The largest absolute Gasteiger partial charge is 0.491 e. The van der Waals surface area contributed by atoms with Crippen LogP contribution in [0, 0.1) is 0 Å². The third-order valence-electron chi connectivity index (χ3n) is 4.24. The van der Waals surface area contributed by atoms with Gasteiger partial charge in [0, 0.05) is 13.0 Å². The maximum absolute atomic E-state index is 12.4. The summed E-state index contributed by atoms with van der Waals surface area (Å²) >= 11 is 0. The summed E-state index contributed by atoms with van der Waals surface area (Å²) in [4.78, 5) is 14.3. The van der Waals surface area contributed by atoms with Crippen molar-refractivity contribution in [2.75, 3.05) is 6.54 Å². The summed E-state index contributed by atoms with van der Waals surface area (Å²) in [6.45, 7) is 4.49. The van der Waals surface area contributed by atoms with Crippen LogP contribution in [0.5, 0.6) is 0 Å². The highest BCUT2D eigenvalue weighted by Crippen LogP contribution is 2.39. The Morgan fingerprint density at radius 2 is 1.61 bits per heavy atom. The van der Waals surface area contributed by atoms with Crippen molar-refractivity contribution >= 4 is 5.91 Å². The summed E-state index contributed by atoms with van der Waals surface area (Å²) in [5.74, 6) is 0.187. The molecule has 1 heterocycles. The van der Waals surface area contributed by atoms with Gasteiger partial charge in [-0.3, -0.25) is 4.79 Å². The Morgan fingerprint density at radius 3 is 2.13 bits per heavy atom. The molecule has 3 heteroatoms. The fourth-order valence-electron chi connectivity index (χ4n) is 3.21. The van der Waals surface area contributed by atoms with Gasteiger partial charge < -0.3 is 9.64 Å². The lowest BCUT2D eigenvalue weighted by atomic mass is 9.94. The number of rotatable bonds is 6. The molecule has 1 fully saturated rings. The van der Waals surface area contributed by atoms with Gasteiger partial charge in [-0.15, -0.1) is 0 Å². The van der Waals surface area contributed by atoms with E-state index < -0.39 is 0 Å². The lowest BCUT2D eigenvalue weighted by Crippen LogP contribution is -2.34. The van der Waals surface area contributed by atoms with Gasteiger partial charge in [-0.2, -0.15) is 0 Å². The van der Waals surface area contributed by atoms with Crippen LogP contribution in [0.15, 0.2) is 73.5 Å². The molecule has 0 N–H and O–H groups in total. The summed E-state index contributed by atoms with van der Waals surface area (Å²) in [7, 11) is 0. The van der Waals surface area contributed by atoms with E-state index in [4.69, 9.17) is 4.74 Å². The second-order valence-corrected chi connectivity index (χ2v) is 5.68. The van der Waals surface area contributed by atoms with Crippen LogP contribution < -0.4 is 0 Å². The molecule has 3 rings (SSSR count). The number of benzene rings is 2. The molecule has 23 heavy (non-hydrogen) atoms. The lowest BCUT2D eigenvalue weighted by Gasteiger charge is -2.34. The summed E-state index contributed by atoms with van der Waals surface area (Å²) in [5.41, 5.74) is 2.12. The van der Waals surface area contributed by atoms with Gasteiger partial charge >= 0.3 is 0 Å². The molecular formula is C20H21NO2. The van der Waals surface area contributed by atoms with Crippen molar-refractivity contribution in [3.05, 3.63) is 84.6 Å². The first-order chi connectivity index (χ1) is 11.3. The van der Waals surface area contributed by atoms with Crippen LogP contribution in [0.3, 0.4) is 0 Å². The minimum absolute atomic E-state index is 0.147. The minimum Gasteiger partial charge on any atom is -0.491 e. The van der Waals surface area contributed by atoms with Gasteiger partial charge in [0.05, 0.1) is 12.3 Å². The molecular weight excluding hydrogens is 286 g/mol. The molecule has 1 aliphatic rings. The predicted octanol–water partition coefficient (Wildman–Crippen LogP) is 4.25. The standard InChI is InChI=1S/C20H21NO2/c1-2-23-20(17-12-7-4-8-13-17)19(16-10-5-3-6-11-16)21-15-9-14-18(21)22/h2-8,10-13,19-20H,1,9,14-15H2/t19-,20+/m0/s1. The lowest BCUT2D eigenvalue weighted by molar-refractivity contribution is -0.132. The van der Waals surface area contributed by atoms with E-state index in [0.717, 1.165) is 24.1 Å². The first kappa shape index (κ1) is 15.3. The van der Waals surface area contributed by atoms with Gasteiger partial charge in [-0.1, -0.05) is 67.2 Å². The first-order valence-electron chi connectivity index (χ1n) is 7.97. The number of hydrogen-bond donors (Lipinski definition) is 0. The van der Waals surface area contributed by atoms with Gasteiger partial charge in [0.1, 0.15) is 6.10 Å². The van der Waals surface area contributed by atoms with Gasteiger partial charge in [0.15, 0.2) is 0 Å². The third-order valence-corrected chi connectivity index (χ3v) is 4.24. The first-order valence-corrected chi connectivity index (χ1v) is 7.97. The molecule has 0 bridgehead atoms. The van der Waals surface area contributed by atoms with E-state index in [1.54, 1.807) is 0 Å². The molecule has 0 spiro atoms. The van der Waals surface area contributed by atoms with Crippen LogP contribution in [0.1, 0.15) is 36.1 Å². The van der Waals surface area contributed by atoms with E-state index in [1.807, 2.05) is 53.4 Å². The Balaban J connectivity index is 2.04. The summed E-state index contributed by atoms with van der Waals surface area (Å²) in [6, 6.07) is 20.0. The van der Waals surface area contributed by atoms with Crippen LogP contribution in [0.2, 0.25) is 0 Å². The Kier molecular flexibility index (Phi) is 4.77. The highest BCUT2D eigenvalue weighted by Gasteiger charge is 2.36. The number of carbonyl (C=O) groups excluding carboxylic acids is 1. The minimum atomic E-state index is -0.266. The molecule has 0 aromatic heterocycles. The van der Waals surface area contributed by atoms with Crippen molar-refractivity contribution < 1.29 is 9.53 Å². The average molecular weight is 307 g/mol. The zero-order valence-electron chi connectivity index (χ0n) is 13.1. The quantitative estimate of drug-likeness (QED) is 0.747. The Morgan fingerprint density at radius 1 is 1.00 bits per heavy atom. The van der Waals surface area contributed by atoms with E-state index in [9.17, 15) is 4.79 Å². The molecule has 0 unspecified atom stereocenters. The van der Waals surface area contributed by atoms with Crippen LogP contribution in [0.25, 0.3) is 0 Å².